The lowest BCUT2D eigenvalue weighted by Crippen LogP contribution is -2.03. The maximum absolute atomic E-state index is 4.27. The molecule has 0 amide bonds. The monoisotopic (exact) mass is 137 g/mol. The van der Waals surface area contributed by atoms with Crippen molar-refractivity contribution in [3.05, 3.63) is 11.3 Å². The fraction of sp³-hybridized carbons (Fsp3) is 0.667. The summed E-state index contributed by atoms with van der Waals surface area (Å²) in [5.74, 6) is 1.22. The van der Waals surface area contributed by atoms with Crippen LogP contribution in [0.4, 0.5) is 0 Å². The largest absolute Gasteiger partial charge is 0.265 e. The van der Waals surface area contributed by atoms with Crippen LogP contribution in [0.2, 0.25) is 0 Å². The summed E-state index contributed by atoms with van der Waals surface area (Å²) in [5, 5.41) is 0. The van der Waals surface area contributed by atoms with Crippen LogP contribution in [0.1, 0.15) is 27.7 Å². The first-order valence-corrected chi connectivity index (χ1v) is 3.87. The minimum absolute atomic E-state index is 0.569. The number of hydrogen-bond donors (Lipinski definition) is 0. The summed E-state index contributed by atoms with van der Waals surface area (Å²) in [6.45, 7) is 8.75. The van der Waals surface area contributed by atoms with Gasteiger partial charge in [-0.2, -0.15) is 0 Å². The zero-order valence-electron chi connectivity index (χ0n) is 7.18. The van der Waals surface area contributed by atoms with Gasteiger partial charge in [0.25, 0.3) is 0 Å². The lowest BCUT2D eigenvalue weighted by molar-refractivity contribution is 0.688. The van der Waals surface area contributed by atoms with Crippen molar-refractivity contribution >= 4 is 6.21 Å². The van der Waals surface area contributed by atoms with E-state index in [1.165, 1.54) is 11.3 Å². The van der Waals surface area contributed by atoms with E-state index in [0.29, 0.717) is 11.8 Å². The van der Waals surface area contributed by atoms with Gasteiger partial charge in [0.2, 0.25) is 0 Å². The van der Waals surface area contributed by atoms with E-state index in [2.05, 4.69) is 32.7 Å². The summed E-state index contributed by atoms with van der Waals surface area (Å²) < 4.78 is 0. The second kappa shape index (κ2) is 2.57. The Balaban J connectivity index is 2.85. The van der Waals surface area contributed by atoms with Gasteiger partial charge < -0.3 is 0 Å². The van der Waals surface area contributed by atoms with E-state index in [0.717, 1.165) is 0 Å². The lowest BCUT2D eigenvalue weighted by Gasteiger charge is -2.11. The van der Waals surface area contributed by atoms with Crippen molar-refractivity contribution < 1.29 is 0 Å². The molecule has 1 aliphatic rings. The number of aliphatic imine (C=N–C) groups is 1. The first kappa shape index (κ1) is 7.52. The zero-order chi connectivity index (χ0) is 7.72. The van der Waals surface area contributed by atoms with Crippen LogP contribution in [0.3, 0.4) is 0 Å². The lowest BCUT2D eigenvalue weighted by atomic mass is 9.92. The molecule has 0 aliphatic carbocycles. The van der Waals surface area contributed by atoms with Crippen molar-refractivity contribution in [1.82, 2.24) is 0 Å². The first-order valence-electron chi connectivity index (χ1n) is 3.87. The Labute approximate surface area is 62.9 Å². The van der Waals surface area contributed by atoms with Gasteiger partial charge >= 0.3 is 0 Å². The molecule has 0 aromatic rings. The van der Waals surface area contributed by atoms with Crippen LogP contribution in [-0.2, 0) is 0 Å². The van der Waals surface area contributed by atoms with Crippen molar-refractivity contribution in [2.24, 2.45) is 16.8 Å². The van der Waals surface area contributed by atoms with Crippen LogP contribution in [0.5, 0.6) is 0 Å². The molecule has 0 N–H and O–H groups in total. The Bertz CT molecular complexity index is 187. The van der Waals surface area contributed by atoms with E-state index in [-0.39, 0.29) is 0 Å². The normalized spacial score (nSPS) is 25.1. The molecule has 0 aromatic heterocycles. The molecule has 1 nitrogen and oxygen atoms in total. The van der Waals surface area contributed by atoms with Crippen molar-refractivity contribution in [3.8, 4) is 0 Å². The van der Waals surface area contributed by atoms with Crippen LogP contribution < -0.4 is 0 Å². The van der Waals surface area contributed by atoms with E-state index >= 15 is 0 Å². The highest BCUT2D eigenvalue weighted by Crippen LogP contribution is 2.27. The van der Waals surface area contributed by atoms with Crippen LogP contribution in [0.25, 0.3) is 0 Å². The molecule has 0 spiro atoms. The summed E-state index contributed by atoms with van der Waals surface area (Å²) in [7, 11) is 0. The smallest absolute Gasteiger partial charge is 0.0370 e. The predicted octanol–water partition coefficient (Wildman–Crippen LogP) is 2.64. The van der Waals surface area contributed by atoms with Gasteiger partial charge in [0.15, 0.2) is 0 Å². The number of hydrogen-bond acceptors (Lipinski definition) is 1. The Morgan fingerprint density at radius 1 is 1.50 bits per heavy atom. The molecule has 1 aliphatic heterocycles. The standard InChI is InChI=1S/C9H15N/c1-6(2)9-7(3)5-10-8(9)4/h5-7H,1-4H3. The fourth-order valence-corrected chi connectivity index (χ4v) is 1.65. The Morgan fingerprint density at radius 2 is 2.10 bits per heavy atom. The third-order valence-electron chi connectivity index (χ3n) is 2.02. The summed E-state index contributed by atoms with van der Waals surface area (Å²) in [4.78, 5) is 4.27. The van der Waals surface area contributed by atoms with Gasteiger partial charge in [-0.05, 0) is 18.4 Å². The van der Waals surface area contributed by atoms with E-state index in [1.807, 2.05) is 6.21 Å². The van der Waals surface area contributed by atoms with Gasteiger partial charge in [-0.25, -0.2) is 0 Å². The average Bonchev–Trinajstić information content (AvgIpc) is 2.11. The molecule has 1 unspecified atom stereocenters. The summed E-state index contributed by atoms with van der Waals surface area (Å²) in [6, 6.07) is 0. The molecule has 0 saturated heterocycles. The average molecular weight is 137 g/mol. The molecule has 1 rings (SSSR count). The summed E-state index contributed by atoms with van der Waals surface area (Å²) in [6.07, 6.45) is 2.03. The first-order chi connectivity index (χ1) is 4.63. The maximum Gasteiger partial charge on any atom is 0.0370 e. The highest BCUT2D eigenvalue weighted by atomic mass is 14.8. The highest BCUT2D eigenvalue weighted by molar-refractivity contribution is 5.70. The topological polar surface area (TPSA) is 12.4 Å². The van der Waals surface area contributed by atoms with Gasteiger partial charge in [-0.15, -0.1) is 0 Å². The zero-order valence-corrected chi connectivity index (χ0v) is 7.18. The van der Waals surface area contributed by atoms with Crippen LogP contribution in [0, 0.1) is 11.8 Å². The van der Waals surface area contributed by atoms with E-state index < -0.39 is 0 Å². The maximum atomic E-state index is 4.27. The van der Waals surface area contributed by atoms with Gasteiger partial charge in [0.1, 0.15) is 0 Å². The van der Waals surface area contributed by atoms with Gasteiger partial charge in [0.05, 0.1) is 0 Å². The van der Waals surface area contributed by atoms with E-state index in [4.69, 9.17) is 0 Å². The van der Waals surface area contributed by atoms with Crippen LogP contribution in [-0.4, -0.2) is 6.21 Å². The van der Waals surface area contributed by atoms with Crippen molar-refractivity contribution in [2.75, 3.05) is 0 Å². The minimum Gasteiger partial charge on any atom is -0.265 e. The Morgan fingerprint density at radius 3 is 2.30 bits per heavy atom. The third kappa shape index (κ3) is 1.13. The molecule has 1 atom stereocenters. The molecule has 0 saturated carbocycles. The van der Waals surface area contributed by atoms with Crippen molar-refractivity contribution in [2.45, 2.75) is 27.7 Å². The molecule has 56 valence electrons. The quantitative estimate of drug-likeness (QED) is 0.527. The molecule has 1 heteroatoms. The molecule has 10 heavy (non-hydrogen) atoms. The summed E-state index contributed by atoms with van der Waals surface area (Å²) in [5.41, 5.74) is 2.72. The molecule has 1 heterocycles. The number of allylic oxidation sites excluding steroid dienone is 2. The molecular formula is C9H15N. The highest BCUT2D eigenvalue weighted by Gasteiger charge is 2.17. The number of nitrogens with zero attached hydrogens (tertiary/aromatic N) is 1. The van der Waals surface area contributed by atoms with Gasteiger partial charge in [-0.3, -0.25) is 4.99 Å². The SMILES string of the molecule is CC1=C(C(C)C)C(C)C=N1. The van der Waals surface area contributed by atoms with Crippen LogP contribution >= 0.6 is 0 Å². The molecular weight excluding hydrogens is 122 g/mol. The molecule has 0 radical (unpaired) electrons. The minimum atomic E-state index is 0.569. The Kier molecular flexibility index (Phi) is 1.93. The van der Waals surface area contributed by atoms with Crippen LogP contribution in [0.15, 0.2) is 16.3 Å². The van der Waals surface area contributed by atoms with Gasteiger partial charge in [-0.1, -0.05) is 20.8 Å². The predicted molar refractivity (Wildman–Crippen MR) is 45.2 cm³/mol. The second-order valence-corrected chi connectivity index (χ2v) is 3.26. The molecule has 0 fully saturated rings. The van der Waals surface area contributed by atoms with Crippen molar-refractivity contribution in [1.29, 1.82) is 0 Å². The van der Waals surface area contributed by atoms with E-state index in [1.54, 1.807) is 0 Å². The number of rotatable bonds is 1. The van der Waals surface area contributed by atoms with Crippen molar-refractivity contribution in [3.63, 3.8) is 0 Å². The second-order valence-electron chi connectivity index (χ2n) is 3.26. The fourth-order valence-electron chi connectivity index (χ4n) is 1.65. The Hall–Kier alpha value is -0.590. The van der Waals surface area contributed by atoms with E-state index in [9.17, 15) is 0 Å². The van der Waals surface area contributed by atoms with Gasteiger partial charge in [0, 0.05) is 17.8 Å². The summed E-state index contributed by atoms with van der Waals surface area (Å²) >= 11 is 0. The molecule has 0 bridgehead atoms. The molecule has 0 aromatic carbocycles. The third-order valence-corrected chi connectivity index (χ3v) is 2.02.